The summed E-state index contributed by atoms with van der Waals surface area (Å²) < 4.78 is 10.7. The summed E-state index contributed by atoms with van der Waals surface area (Å²) in [6.07, 6.45) is 0.858. The highest BCUT2D eigenvalue weighted by atomic mass is 16.5. The normalized spacial score (nSPS) is 11.3. The van der Waals surface area contributed by atoms with Crippen LogP contribution in [0.3, 0.4) is 0 Å². The number of para-hydroxylation sites is 1. The molecule has 21 heavy (non-hydrogen) atoms. The molecule has 0 amide bonds. The standard InChI is InChI=1S/C17H26O4/c1-5-20-16-13(9-10-15(19)21-12-11-18)7-6-8-14(16)17(2,3)4/h6-8,18H,5,9-12H2,1-4H3. The Labute approximate surface area is 127 Å². The van der Waals surface area contributed by atoms with E-state index in [1.807, 2.05) is 19.1 Å². The highest BCUT2D eigenvalue weighted by molar-refractivity contribution is 5.70. The lowest BCUT2D eigenvalue weighted by Gasteiger charge is -2.24. The minimum Gasteiger partial charge on any atom is -0.493 e. The van der Waals surface area contributed by atoms with Gasteiger partial charge in [0.05, 0.1) is 13.2 Å². The van der Waals surface area contributed by atoms with Crippen LogP contribution in [0.2, 0.25) is 0 Å². The highest BCUT2D eigenvalue weighted by Gasteiger charge is 2.21. The molecule has 0 atom stereocenters. The monoisotopic (exact) mass is 294 g/mol. The summed E-state index contributed by atoms with van der Waals surface area (Å²) in [6, 6.07) is 6.05. The fourth-order valence-corrected chi connectivity index (χ4v) is 2.16. The van der Waals surface area contributed by atoms with E-state index >= 15 is 0 Å². The molecular formula is C17H26O4. The van der Waals surface area contributed by atoms with Gasteiger partial charge in [0.25, 0.3) is 0 Å². The van der Waals surface area contributed by atoms with Crippen molar-refractivity contribution in [1.29, 1.82) is 0 Å². The van der Waals surface area contributed by atoms with Crippen LogP contribution >= 0.6 is 0 Å². The second-order valence-corrected chi connectivity index (χ2v) is 5.92. The van der Waals surface area contributed by atoms with E-state index in [9.17, 15) is 4.79 Å². The Morgan fingerprint density at radius 2 is 2.00 bits per heavy atom. The van der Waals surface area contributed by atoms with Gasteiger partial charge in [0, 0.05) is 6.42 Å². The number of carbonyl (C=O) groups excluding carboxylic acids is 1. The van der Waals surface area contributed by atoms with Crippen molar-refractivity contribution in [2.45, 2.75) is 46.0 Å². The number of esters is 1. The Kier molecular flexibility index (Phi) is 6.69. The van der Waals surface area contributed by atoms with Gasteiger partial charge in [0.15, 0.2) is 0 Å². The molecule has 1 aromatic rings. The van der Waals surface area contributed by atoms with Crippen LogP contribution in [0.5, 0.6) is 5.75 Å². The molecule has 0 aliphatic carbocycles. The molecule has 0 saturated heterocycles. The second kappa shape index (κ2) is 8.03. The molecule has 0 unspecified atom stereocenters. The maximum Gasteiger partial charge on any atom is 0.306 e. The zero-order chi connectivity index (χ0) is 15.9. The Bertz CT molecular complexity index is 460. The summed E-state index contributed by atoms with van der Waals surface area (Å²) in [7, 11) is 0. The molecule has 0 spiro atoms. The number of aliphatic hydroxyl groups is 1. The fraction of sp³-hybridized carbons (Fsp3) is 0.588. The van der Waals surface area contributed by atoms with Gasteiger partial charge in [-0.25, -0.2) is 0 Å². The Morgan fingerprint density at radius 1 is 1.29 bits per heavy atom. The van der Waals surface area contributed by atoms with Crippen molar-refractivity contribution in [3.63, 3.8) is 0 Å². The van der Waals surface area contributed by atoms with E-state index in [0.29, 0.717) is 13.0 Å². The molecule has 0 fully saturated rings. The van der Waals surface area contributed by atoms with Gasteiger partial charge in [-0.15, -0.1) is 0 Å². The van der Waals surface area contributed by atoms with Crippen LogP contribution in [0.4, 0.5) is 0 Å². The molecule has 0 bridgehead atoms. The molecule has 0 aliphatic heterocycles. The predicted molar refractivity (Wildman–Crippen MR) is 82.7 cm³/mol. The molecule has 118 valence electrons. The molecule has 4 heteroatoms. The summed E-state index contributed by atoms with van der Waals surface area (Å²) in [5.74, 6) is 0.579. The van der Waals surface area contributed by atoms with Crippen LogP contribution in [0.1, 0.15) is 45.2 Å². The van der Waals surface area contributed by atoms with Crippen molar-refractivity contribution in [3.8, 4) is 5.75 Å². The number of rotatable bonds is 7. The van der Waals surface area contributed by atoms with Gasteiger partial charge in [-0.2, -0.15) is 0 Å². The van der Waals surface area contributed by atoms with Crippen molar-refractivity contribution in [2.75, 3.05) is 19.8 Å². The average Bonchev–Trinajstić information content (AvgIpc) is 2.43. The molecular weight excluding hydrogens is 268 g/mol. The van der Waals surface area contributed by atoms with Crippen LogP contribution < -0.4 is 4.74 Å². The number of aryl methyl sites for hydroxylation is 1. The van der Waals surface area contributed by atoms with Crippen LogP contribution in [-0.2, 0) is 21.4 Å². The summed E-state index contributed by atoms with van der Waals surface area (Å²) >= 11 is 0. The maximum atomic E-state index is 11.6. The molecule has 0 heterocycles. The quantitative estimate of drug-likeness (QED) is 0.786. The Balaban J connectivity index is 2.88. The van der Waals surface area contributed by atoms with E-state index in [1.54, 1.807) is 0 Å². The predicted octanol–water partition coefficient (Wildman–Crippen LogP) is 2.85. The third kappa shape index (κ3) is 5.38. The van der Waals surface area contributed by atoms with E-state index in [4.69, 9.17) is 14.6 Å². The first-order valence-electron chi connectivity index (χ1n) is 7.41. The van der Waals surface area contributed by atoms with Crippen LogP contribution in [0, 0.1) is 0 Å². The van der Waals surface area contributed by atoms with Crippen molar-refractivity contribution in [2.24, 2.45) is 0 Å². The summed E-state index contributed by atoms with van der Waals surface area (Å²) in [6.45, 7) is 8.89. The number of benzene rings is 1. The number of hydrogen-bond donors (Lipinski definition) is 1. The van der Waals surface area contributed by atoms with Gasteiger partial charge in [-0.1, -0.05) is 39.0 Å². The summed E-state index contributed by atoms with van der Waals surface area (Å²) in [5, 5.41) is 8.64. The van der Waals surface area contributed by atoms with Gasteiger partial charge >= 0.3 is 5.97 Å². The molecule has 0 aromatic heterocycles. The van der Waals surface area contributed by atoms with Crippen molar-refractivity contribution in [1.82, 2.24) is 0 Å². The van der Waals surface area contributed by atoms with Gasteiger partial charge in [0.1, 0.15) is 12.4 Å². The van der Waals surface area contributed by atoms with Gasteiger partial charge < -0.3 is 14.6 Å². The lowest BCUT2D eigenvalue weighted by molar-refractivity contribution is -0.144. The minimum absolute atomic E-state index is 0.0160. The van der Waals surface area contributed by atoms with Crippen molar-refractivity contribution in [3.05, 3.63) is 29.3 Å². The van der Waals surface area contributed by atoms with Gasteiger partial charge in [0.2, 0.25) is 0 Å². The number of ether oxygens (including phenoxy) is 2. The number of hydrogen-bond acceptors (Lipinski definition) is 4. The lowest BCUT2D eigenvalue weighted by atomic mass is 9.84. The summed E-state index contributed by atoms with van der Waals surface area (Å²) in [4.78, 5) is 11.6. The van der Waals surface area contributed by atoms with Crippen LogP contribution in [0.15, 0.2) is 18.2 Å². The average molecular weight is 294 g/mol. The fourth-order valence-electron chi connectivity index (χ4n) is 2.16. The third-order valence-electron chi connectivity index (χ3n) is 3.15. The SMILES string of the molecule is CCOc1c(CCC(=O)OCCO)cccc1C(C)(C)C. The van der Waals surface area contributed by atoms with E-state index in [1.165, 1.54) is 0 Å². The van der Waals surface area contributed by atoms with Gasteiger partial charge in [-0.3, -0.25) is 4.79 Å². The first kappa shape index (κ1) is 17.5. The smallest absolute Gasteiger partial charge is 0.306 e. The molecule has 0 aliphatic rings. The molecule has 1 N–H and O–H groups in total. The van der Waals surface area contributed by atoms with E-state index in [-0.39, 0.29) is 31.0 Å². The first-order valence-corrected chi connectivity index (χ1v) is 7.41. The van der Waals surface area contributed by atoms with Crippen molar-refractivity contribution >= 4 is 5.97 Å². The zero-order valence-electron chi connectivity index (χ0n) is 13.4. The maximum absolute atomic E-state index is 11.6. The second-order valence-electron chi connectivity index (χ2n) is 5.92. The van der Waals surface area contributed by atoms with Crippen LogP contribution in [-0.4, -0.2) is 30.9 Å². The Hall–Kier alpha value is -1.55. The molecule has 0 radical (unpaired) electrons. The Morgan fingerprint density at radius 3 is 2.57 bits per heavy atom. The number of aliphatic hydroxyl groups excluding tert-OH is 1. The van der Waals surface area contributed by atoms with E-state index in [2.05, 4.69) is 26.8 Å². The third-order valence-corrected chi connectivity index (χ3v) is 3.15. The van der Waals surface area contributed by atoms with E-state index in [0.717, 1.165) is 16.9 Å². The molecule has 1 rings (SSSR count). The zero-order valence-corrected chi connectivity index (χ0v) is 13.4. The molecule has 4 nitrogen and oxygen atoms in total. The largest absolute Gasteiger partial charge is 0.493 e. The lowest BCUT2D eigenvalue weighted by Crippen LogP contribution is -2.15. The van der Waals surface area contributed by atoms with Gasteiger partial charge in [-0.05, 0) is 29.9 Å². The number of carbonyl (C=O) groups is 1. The van der Waals surface area contributed by atoms with Crippen molar-refractivity contribution < 1.29 is 19.4 Å². The van der Waals surface area contributed by atoms with E-state index < -0.39 is 0 Å². The minimum atomic E-state index is -0.298. The summed E-state index contributed by atoms with van der Waals surface area (Å²) in [5.41, 5.74) is 2.15. The highest BCUT2D eigenvalue weighted by Crippen LogP contribution is 2.34. The topological polar surface area (TPSA) is 55.8 Å². The van der Waals surface area contributed by atoms with Crippen LogP contribution in [0.25, 0.3) is 0 Å². The molecule has 1 aromatic carbocycles. The first-order chi connectivity index (χ1) is 9.90. The molecule has 0 saturated carbocycles.